The van der Waals surface area contributed by atoms with Gasteiger partial charge < -0.3 is 20.1 Å². The van der Waals surface area contributed by atoms with Gasteiger partial charge in [0.05, 0.1) is 6.54 Å². The van der Waals surface area contributed by atoms with Crippen LogP contribution in [0.4, 0.5) is 0 Å². The lowest BCUT2D eigenvalue weighted by molar-refractivity contribution is -0.131. The number of nitrogens with one attached hydrogen (secondary N) is 2. The van der Waals surface area contributed by atoms with Crippen LogP contribution < -0.4 is 20.1 Å². The van der Waals surface area contributed by atoms with Gasteiger partial charge in [0.1, 0.15) is 13.2 Å². The molecule has 1 aliphatic heterocycles. The monoisotopic (exact) mass is 374 g/mol. The molecule has 1 saturated carbocycles. The molecule has 3 rings (SSSR count). The zero-order valence-electron chi connectivity index (χ0n) is 16.5. The fraction of sp³-hybridized carbons (Fsp3) is 0.619. The summed E-state index contributed by atoms with van der Waals surface area (Å²) >= 11 is 0. The third kappa shape index (κ3) is 4.54. The number of ether oxygens (including phenoxy) is 2. The van der Waals surface area contributed by atoms with Crippen molar-refractivity contribution in [3.63, 3.8) is 0 Å². The minimum Gasteiger partial charge on any atom is -0.486 e. The smallest absolute Gasteiger partial charge is 0.239 e. The first-order valence-electron chi connectivity index (χ1n) is 9.75. The summed E-state index contributed by atoms with van der Waals surface area (Å²) in [4.78, 5) is 24.2. The van der Waals surface area contributed by atoms with Gasteiger partial charge in [-0.05, 0) is 30.5 Å². The molecule has 0 saturated heterocycles. The van der Waals surface area contributed by atoms with Crippen molar-refractivity contribution in [2.24, 2.45) is 5.41 Å². The van der Waals surface area contributed by atoms with Crippen molar-refractivity contribution in [1.29, 1.82) is 0 Å². The summed E-state index contributed by atoms with van der Waals surface area (Å²) in [5.41, 5.74) is 0.598. The van der Waals surface area contributed by atoms with Gasteiger partial charge in [-0.2, -0.15) is 0 Å². The van der Waals surface area contributed by atoms with E-state index in [0.29, 0.717) is 19.8 Å². The number of hydrogen-bond donors (Lipinski definition) is 2. The molecule has 1 aromatic carbocycles. The SMILES string of the molecule is CC(C)(C)C(=O)NCC(=O)NCC1(c2ccc3c(c2)OCCO3)CCCC1. The number of hydrogen-bond acceptors (Lipinski definition) is 4. The molecule has 1 fully saturated rings. The summed E-state index contributed by atoms with van der Waals surface area (Å²) in [6.45, 7) is 7.20. The lowest BCUT2D eigenvalue weighted by Crippen LogP contribution is -2.45. The minimum absolute atomic E-state index is 0.00726. The van der Waals surface area contributed by atoms with E-state index in [0.717, 1.165) is 37.2 Å². The summed E-state index contributed by atoms with van der Waals surface area (Å²) < 4.78 is 11.4. The van der Waals surface area contributed by atoms with Crippen molar-refractivity contribution in [2.75, 3.05) is 26.3 Å². The predicted molar refractivity (Wildman–Crippen MR) is 103 cm³/mol. The van der Waals surface area contributed by atoms with E-state index < -0.39 is 5.41 Å². The van der Waals surface area contributed by atoms with Gasteiger partial charge in [0.25, 0.3) is 0 Å². The topological polar surface area (TPSA) is 76.7 Å². The van der Waals surface area contributed by atoms with Crippen molar-refractivity contribution >= 4 is 11.8 Å². The van der Waals surface area contributed by atoms with Gasteiger partial charge in [-0.3, -0.25) is 9.59 Å². The summed E-state index contributed by atoms with van der Waals surface area (Å²) in [5, 5.41) is 5.73. The van der Waals surface area contributed by atoms with Crippen LogP contribution in [0.1, 0.15) is 52.0 Å². The van der Waals surface area contributed by atoms with Crippen LogP contribution in [0.3, 0.4) is 0 Å². The maximum atomic E-state index is 12.3. The van der Waals surface area contributed by atoms with Crippen LogP contribution in [0.15, 0.2) is 18.2 Å². The van der Waals surface area contributed by atoms with Crippen LogP contribution >= 0.6 is 0 Å². The van der Waals surface area contributed by atoms with E-state index in [1.807, 2.05) is 26.8 Å². The lowest BCUT2D eigenvalue weighted by Gasteiger charge is -2.31. The molecule has 6 nitrogen and oxygen atoms in total. The molecule has 0 spiro atoms. The molecule has 0 radical (unpaired) electrons. The number of amides is 2. The molecular formula is C21H30N2O4. The summed E-state index contributed by atoms with van der Waals surface area (Å²) in [7, 11) is 0. The quantitative estimate of drug-likeness (QED) is 0.830. The summed E-state index contributed by atoms with van der Waals surface area (Å²) in [6, 6.07) is 6.12. The first-order valence-corrected chi connectivity index (χ1v) is 9.75. The van der Waals surface area contributed by atoms with E-state index in [9.17, 15) is 9.59 Å². The highest BCUT2D eigenvalue weighted by molar-refractivity contribution is 5.87. The Kier molecular flexibility index (Phi) is 5.63. The first kappa shape index (κ1) is 19.5. The number of rotatable bonds is 5. The van der Waals surface area contributed by atoms with Gasteiger partial charge in [0.2, 0.25) is 11.8 Å². The first-order chi connectivity index (χ1) is 12.8. The average molecular weight is 374 g/mol. The highest BCUT2D eigenvalue weighted by Gasteiger charge is 2.37. The molecule has 0 aromatic heterocycles. The number of carbonyl (C=O) groups is 2. The zero-order chi connectivity index (χ0) is 19.5. The molecule has 6 heteroatoms. The molecule has 1 aromatic rings. The number of carbonyl (C=O) groups excluding carboxylic acids is 2. The summed E-state index contributed by atoms with van der Waals surface area (Å²) in [5.74, 6) is 1.29. The molecule has 0 unspecified atom stereocenters. The Morgan fingerprint density at radius 1 is 1.04 bits per heavy atom. The fourth-order valence-corrected chi connectivity index (χ4v) is 3.75. The second kappa shape index (κ2) is 7.79. The van der Waals surface area contributed by atoms with Crippen LogP contribution in [0.25, 0.3) is 0 Å². The summed E-state index contributed by atoms with van der Waals surface area (Å²) in [6.07, 6.45) is 4.35. The molecule has 27 heavy (non-hydrogen) atoms. The van der Waals surface area contributed by atoms with Crippen molar-refractivity contribution in [3.05, 3.63) is 23.8 Å². The molecular weight excluding hydrogens is 344 g/mol. The number of benzene rings is 1. The fourth-order valence-electron chi connectivity index (χ4n) is 3.75. The van der Waals surface area contributed by atoms with Crippen LogP contribution in [0, 0.1) is 5.41 Å². The van der Waals surface area contributed by atoms with Gasteiger partial charge in [-0.25, -0.2) is 0 Å². The highest BCUT2D eigenvalue weighted by atomic mass is 16.6. The second-order valence-corrected chi connectivity index (χ2v) is 8.56. The van der Waals surface area contributed by atoms with Crippen molar-refractivity contribution in [1.82, 2.24) is 10.6 Å². The van der Waals surface area contributed by atoms with E-state index >= 15 is 0 Å². The third-order valence-corrected chi connectivity index (χ3v) is 5.43. The van der Waals surface area contributed by atoms with Crippen LogP contribution in [-0.2, 0) is 15.0 Å². The second-order valence-electron chi connectivity index (χ2n) is 8.56. The Hall–Kier alpha value is -2.24. The molecule has 2 amide bonds. The van der Waals surface area contributed by atoms with Crippen molar-refractivity contribution in [3.8, 4) is 11.5 Å². The van der Waals surface area contributed by atoms with E-state index in [1.165, 1.54) is 5.56 Å². The van der Waals surface area contributed by atoms with E-state index in [2.05, 4.69) is 22.8 Å². The largest absolute Gasteiger partial charge is 0.486 e. The average Bonchev–Trinajstić information content (AvgIpc) is 3.13. The van der Waals surface area contributed by atoms with Gasteiger partial charge >= 0.3 is 0 Å². The van der Waals surface area contributed by atoms with Crippen LogP contribution in [-0.4, -0.2) is 38.1 Å². The minimum atomic E-state index is -0.502. The molecule has 1 heterocycles. The van der Waals surface area contributed by atoms with E-state index in [1.54, 1.807) is 0 Å². The van der Waals surface area contributed by atoms with E-state index in [4.69, 9.17) is 9.47 Å². The Bertz CT molecular complexity index is 703. The lowest BCUT2D eigenvalue weighted by atomic mass is 9.78. The Labute approximate surface area is 161 Å². The Morgan fingerprint density at radius 2 is 1.70 bits per heavy atom. The number of fused-ring (bicyclic) bond motifs is 1. The molecule has 2 aliphatic rings. The normalized spacial score (nSPS) is 18.0. The maximum Gasteiger partial charge on any atom is 0.239 e. The molecule has 0 atom stereocenters. The van der Waals surface area contributed by atoms with Gasteiger partial charge in [-0.1, -0.05) is 39.7 Å². The zero-order valence-corrected chi connectivity index (χ0v) is 16.5. The standard InChI is InChI=1S/C21H30N2O4/c1-20(2,3)19(25)22-13-18(24)23-14-21(8-4-5-9-21)15-6-7-16-17(12-15)27-11-10-26-16/h6-7,12H,4-5,8-11,13-14H2,1-3H3,(H,22,25)(H,23,24). The Morgan fingerprint density at radius 3 is 2.37 bits per heavy atom. The molecule has 1 aliphatic carbocycles. The molecule has 2 N–H and O–H groups in total. The van der Waals surface area contributed by atoms with Gasteiger partial charge in [-0.15, -0.1) is 0 Å². The van der Waals surface area contributed by atoms with Gasteiger partial charge in [0, 0.05) is 17.4 Å². The van der Waals surface area contributed by atoms with E-state index in [-0.39, 0.29) is 23.8 Å². The third-order valence-electron chi connectivity index (χ3n) is 5.43. The van der Waals surface area contributed by atoms with Crippen LogP contribution in [0.5, 0.6) is 11.5 Å². The van der Waals surface area contributed by atoms with Crippen molar-refractivity contribution in [2.45, 2.75) is 51.9 Å². The Balaban J connectivity index is 1.64. The predicted octanol–water partition coefficient (Wildman–Crippen LogP) is 2.55. The highest BCUT2D eigenvalue weighted by Crippen LogP contribution is 2.43. The maximum absolute atomic E-state index is 12.3. The van der Waals surface area contributed by atoms with Gasteiger partial charge in [0.15, 0.2) is 11.5 Å². The molecule has 148 valence electrons. The van der Waals surface area contributed by atoms with Crippen LogP contribution in [0.2, 0.25) is 0 Å². The van der Waals surface area contributed by atoms with Crippen molar-refractivity contribution < 1.29 is 19.1 Å². The molecule has 0 bridgehead atoms.